The number of halogens is 3. The molecule has 1 fully saturated rings. The molecule has 1 aliphatic heterocycles. The van der Waals surface area contributed by atoms with Gasteiger partial charge >= 0.3 is 0 Å². The summed E-state index contributed by atoms with van der Waals surface area (Å²) in [5.41, 5.74) is 0.635. The highest BCUT2D eigenvalue weighted by molar-refractivity contribution is 6.35. The molecule has 1 unspecified atom stereocenters. The van der Waals surface area contributed by atoms with Crippen molar-refractivity contribution in [2.75, 3.05) is 11.9 Å². The van der Waals surface area contributed by atoms with Crippen LogP contribution in [0.3, 0.4) is 0 Å². The van der Waals surface area contributed by atoms with Crippen LogP contribution in [0, 0.1) is 0 Å². The summed E-state index contributed by atoms with van der Waals surface area (Å²) in [5, 5.41) is 6.95. The van der Waals surface area contributed by atoms with Gasteiger partial charge in [-0.3, -0.25) is 4.79 Å². The van der Waals surface area contributed by atoms with E-state index in [2.05, 4.69) is 10.6 Å². The second kappa shape index (κ2) is 6.45. The van der Waals surface area contributed by atoms with Crippen molar-refractivity contribution in [2.24, 2.45) is 0 Å². The minimum atomic E-state index is -0.0993. The van der Waals surface area contributed by atoms with Crippen LogP contribution < -0.4 is 10.6 Å². The lowest BCUT2D eigenvalue weighted by molar-refractivity contribution is -0.117. The molecule has 0 radical (unpaired) electrons. The first-order valence-electron chi connectivity index (χ1n) is 5.15. The maximum Gasteiger partial charge on any atom is 0.241 e. The molecule has 3 nitrogen and oxygen atoms in total. The lowest BCUT2D eigenvalue weighted by Gasteiger charge is -2.11. The summed E-state index contributed by atoms with van der Waals surface area (Å²) in [6, 6.07) is 4.89. The van der Waals surface area contributed by atoms with Crippen LogP contribution in [0.1, 0.15) is 12.8 Å². The van der Waals surface area contributed by atoms with Gasteiger partial charge in [-0.1, -0.05) is 23.2 Å². The van der Waals surface area contributed by atoms with Gasteiger partial charge in [0.15, 0.2) is 0 Å². The van der Waals surface area contributed by atoms with Crippen molar-refractivity contribution in [1.82, 2.24) is 5.32 Å². The van der Waals surface area contributed by atoms with Crippen LogP contribution in [0.2, 0.25) is 10.0 Å². The minimum absolute atomic E-state index is 0. The van der Waals surface area contributed by atoms with Gasteiger partial charge in [-0.05, 0) is 37.6 Å². The van der Waals surface area contributed by atoms with E-state index in [9.17, 15) is 4.79 Å². The molecule has 1 aromatic rings. The maximum absolute atomic E-state index is 11.8. The van der Waals surface area contributed by atoms with Crippen molar-refractivity contribution in [1.29, 1.82) is 0 Å². The van der Waals surface area contributed by atoms with Crippen LogP contribution in [0.25, 0.3) is 0 Å². The monoisotopic (exact) mass is 294 g/mol. The number of anilines is 1. The molecule has 0 aliphatic carbocycles. The predicted molar refractivity (Wildman–Crippen MR) is 73.4 cm³/mol. The molecule has 1 aliphatic rings. The van der Waals surface area contributed by atoms with Gasteiger partial charge in [0.1, 0.15) is 0 Å². The minimum Gasteiger partial charge on any atom is -0.325 e. The van der Waals surface area contributed by atoms with Crippen molar-refractivity contribution >= 4 is 47.2 Å². The van der Waals surface area contributed by atoms with Gasteiger partial charge < -0.3 is 10.6 Å². The number of hydrogen-bond donors (Lipinski definition) is 2. The van der Waals surface area contributed by atoms with E-state index in [0.29, 0.717) is 15.7 Å². The Labute approximate surface area is 116 Å². The topological polar surface area (TPSA) is 41.1 Å². The summed E-state index contributed by atoms with van der Waals surface area (Å²) in [7, 11) is 0. The number of amides is 1. The van der Waals surface area contributed by atoms with Crippen molar-refractivity contribution < 1.29 is 4.79 Å². The van der Waals surface area contributed by atoms with E-state index in [-0.39, 0.29) is 24.4 Å². The third-order valence-electron chi connectivity index (χ3n) is 2.51. The van der Waals surface area contributed by atoms with Crippen molar-refractivity contribution in [2.45, 2.75) is 18.9 Å². The highest BCUT2D eigenvalue weighted by Gasteiger charge is 2.21. The van der Waals surface area contributed by atoms with E-state index in [1.54, 1.807) is 18.2 Å². The molecule has 0 spiro atoms. The molecule has 1 atom stereocenters. The Morgan fingerprint density at radius 2 is 1.94 bits per heavy atom. The molecule has 1 heterocycles. The van der Waals surface area contributed by atoms with Gasteiger partial charge in [0.2, 0.25) is 5.91 Å². The third kappa shape index (κ3) is 4.03. The number of hydrogen-bond acceptors (Lipinski definition) is 2. The van der Waals surface area contributed by atoms with Crippen LogP contribution >= 0.6 is 35.6 Å². The number of carbonyl (C=O) groups is 1. The second-order valence-electron chi connectivity index (χ2n) is 3.80. The summed E-state index contributed by atoms with van der Waals surface area (Å²) in [4.78, 5) is 11.8. The van der Waals surface area contributed by atoms with Crippen molar-refractivity contribution in [3.8, 4) is 0 Å². The highest BCUT2D eigenvalue weighted by atomic mass is 35.5. The molecule has 0 bridgehead atoms. The molecule has 17 heavy (non-hydrogen) atoms. The predicted octanol–water partition coefficient (Wildman–Crippen LogP) is 3.11. The average Bonchev–Trinajstić information content (AvgIpc) is 2.68. The zero-order valence-corrected chi connectivity index (χ0v) is 11.3. The first-order chi connectivity index (χ1) is 7.65. The summed E-state index contributed by atoms with van der Waals surface area (Å²) in [6.07, 6.45) is 1.91. The van der Waals surface area contributed by atoms with Gasteiger partial charge in [0.25, 0.3) is 0 Å². The number of carbonyl (C=O) groups excluding carboxylic acids is 1. The quantitative estimate of drug-likeness (QED) is 0.880. The zero-order chi connectivity index (χ0) is 11.5. The molecule has 6 heteroatoms. The highest BCUT2D eigenvalue weighted by Crippen LogP contribution is 2.22. The van der Waals surface area contributed by atoms with Gasteiger partial charge in [-0.2, -0.15) is 0 Å². The Hall–Kier alpha value is -0.480. The summed E-state index contributed by atoms with van der Waals surface area (Å²) in [5.74, 6) is -0.0316. The normalized spacial score (nSPS) is 18.6. The molecule has 0 aromatic heterocycles. The van der Waals surface area contributed by atoms with E-state index < -0.39 is 0 Å². The fourth-order valence-corrected chi connectivity index (χ4v) is 2.29. The van der Waals surface area contributed by atoms with Crippen molar-refractivity contribution in [3.05, 3.63) is 28.2 Å². The molecule has 2 rings (SSSR count). The molecule has 0 saturated carbocycles. The largest absolute Gasteiger partial charge is 0.325 e. The van der Waals surface area contributed by atoms with Crippen LogP contribution in [0.5, 0.6) is 0 Å². The molecule has 1 saturated heterocycles. The van der Waals surface area contributed by atoms with Gasteiger partial charge in [0.05, 0.1) is 6.04 Å². The summed E-state index contributed by atoms with van der Waals surface area (Å²) < 4.78 is 0. The zero-order valence-electron chi connectivity index (χ0n) is 9.00. The van der Waals surface area contributed by atoms with E-state index in [0.717, 1.165) is 19.4 Å². The Morgan fingerprint density at radius 1 is 1.29 bits per heavy atom. The molecule has 1 amide bonds. The van der Waals surface area contributed by atoms with Crippen LogP contribution in [-0.2, 0) is 4.79 Å². The van der Waals surface area contributed by atoms with Crippen LogP contribution in [0.15, 0.2) is 18.2 Å². The molecule has 94 valence electrons. The molecular formula is C11H13Cl3N2O. The summed E-state index contributed by atoms with van der Waals surface area (Å²) >= 11 is 11.7. The SMILES string of the molecule is Cl.O=C(Nc1cc(Cl)cc(Cl)c1)C1CCCN1. The Balaban J connectivity index is 0.00000144. The van der Waals surface area contributed by atoms with Crippen LogP contribution in [-0.4, -0.2) is 18.5 Å². The number of rotatable bonds is 2. The first kappa shape index (κ1) is 14.6. The molecule has 2 N–H and O–H groups in total. The van der Waals surface area contributed by atoms with E-state index in [4.69, 9.17) is 23.2 Å². The fraction of sp³-hybridized carbons (Fsp3) is 0.364. The van der Waals surface area contributed by atoms with E-state index in [1.807, 2.05) is 0 Å². The number of benzene rings is 1. The maximum atomic E-state index is 11.8. The van der Waals surface area contributed by atoms with E-state index in [1.165, 1.54) is 0 Å². The van der Waals surface area contributed by atoms with Gasteiger partial charge in [-0.25, -0.2) is 0 Å². The Morgan fingerprint density at radius 3 is 2.47 bits per heavy atom. The van der Waals surface area contributed by atoms with E-state index >= 15 is 0 Å². The fourth-order valence-electron chi connectivity index (χ4n) is 1.76. The first-order valence-corrected chi connectivity index (χ1v) is 5.91. The average molecular weight is 296 g/mol. The Kier molecular flexibility index (Phi) is 5.53. The van der Waals surface area contributed by atoms with Gasteiger partial charge in [-0.15, -0.1) is 12.4 Å². The second-order valence-corrected chi connectivity index (χ2v) is 4.67. The summed E-state index contributed by atoms with van der Waals surface area (Å²) in [6.45, 7) is 0.897. The molecular weight excluding hydrogens is 282 g/mol. The van der Waals surface area contributed by atoms with Gasteiger partial charge in [0, 0.05) is 15.7 Å². The lowest BCUT2D eigenvalue weighted by Crippen LogP contribution is -2.35. The van der Waals surface area contributed by atoms with Crippen LogP contribution in [0.4, 0.5) is 5.69 Å². The van der Waals surface area contributed by atoms with Crippen molar-refractivity contribution in [3.63, 3.8) is 0 Å². The lowest BCUT2D eigenvalue weighted by atomic mass is 10.2. The Bertz CT molecular complexity index is 385. The third-order valence-corrected chi connectivity index (χ3v) is 2.94. The smallest absolute Gasteiger partial charge is 0.241 e. The standard InChI is InChI=1S/C11H12Cl2N2O.ClH/c12-7-4-8(13)6-9(5-7)15-11(16)10-2-1-3-14-10;/h4-6,10,14H,1-3H2,(H,15,16);1H. The molecule has 1 aromatic carbocycles. The number of nitrogens with one attached hydrogen (secondary N) is 2.